The summed E-state index contributed by atoms with van der Waals surface area (Å²) in [4.78, 5) is 0. The SMILES string of the molecule is C=CC(C)(C(C)C)C(N)(NC)C(C)OC(=C)C. The van der Waals surface area contributed by atoms with E-state index in [1.165, 1.54) is 0 Å². The topological polar surface area (TPSA) is 47.3 Å². The minimum Gasteiger partial charge on any atom is -0.493 e. The largest absolute Gasteiger partial charge is 0.493 e. The van der Waals surface area contributed by atoms with Crippen LogP contribution in [-0.4, -0.2) is 18.8 Å². The van der Waals surface area contributed by atoms with Gasteiger partial charge in [0.15, 0.2) is 0 Å². The Morgan fingerprint density at radius 1 is 1.41 bits per heavy atom. The third-order valence-corrected chi connectivity index (χ3v) is 3.95. The fourth-order valence-corrected chi connectivity index (χ4v) is 2.19. The van der Waals surface area contributed by atoms with E-state index in [4.69, 9.17) is 10.5 Å². The molecule has 3 atom stereocenters. The van der Waals surface area contributed by atoms with Crippen molar-refractivity contribution in [2.45, 2.75) is 46.4 Å². The second-order valence-electron chi connectivity index (χ2n) is 5.22. The van der Waals surface area contributed by atoms with E-state index in [0.717, 1.165) is 0 Å². The van der Waals surface area contributed by atoms with Crippen molar-refractivity contribution in [3.63, 3.8) is 0 Å². The van der Waals surface area contributed by atoms with Crippen LogP contribution in [0.1, 0.15) is 34.6 Å². The summed E-state index contributed by atoms with van der Waals surface area (Å²) in [6.07, 6.45) is 1.71. The van der Waals surface area contributed by atoms with Crippen LogP contribution in [0.4, 0.5) is 0 Å². The summed E-state index contributed by atoms with van der Waals surface area (Å²) in [7, 11) is 1.85. The van der Waals surface area contributed by atoms with Crippen LogP contribution in [-0.2, 0) is 4.74 Å². The van der Waals surface area contributed by atoms with Gasteiger partial charge in [0.25, 0.3) is 0 Å². The molecule has 17 heavy (non-hydrogen) atoms. The second-order valence-corrected chi connectivity index (χ2v) is 5.22. The smallest absolute Gasteiger partial charge is 0.127 e. The zero-order valence-corrected chi connectivity index (χ0v) is 12.1. The predicted octanol–water partition coefficient (Wildman–Crippen LogP) is 2.65. The van der Waals surface area contributed by atoms with Crippen LogP contribution in [0.25, 0.3) is 0 Å². The summed E-state index contributed by atoms with van der Waals surface area (Å²) in [6.45, 7) is 17.8. The highest BCUT2D eigenvalue weighted by atomic mass is 16.5. The van der Waals surface area contributed by atoms with Crippen LogP contribution >= 0.6 is 0 Å². The third kappa shape index (κ3) is 2.90. The molecule has 0 fully saturated rings. The molecule has 100 valence electrons. The van der Waals surface area contributed by atoms with Gasteiger partial charge in [0.1, 0.15) is 11.8 Å². The van der Waals surface area contributed by atoms with Crippen molar-refractivity contribution < 1.29 is 4.74 Å². The Morgan fingerprint density at radius 3 is 2.12 bits per heavy atom. The summed E-state index contributed by atoms with van der Waals surface area (Å²) < 4.78 is 5.67. The van der Waals surface area contributed by atoms with E-state index in [1.807, 2.05) is 27.0 Å². The van der Waals surface area contributed by atoms with Gasteiger partial charge in [-0.3, -0.25) is 5.32 Å². The molecular formula is C14H28N2O. The lowest BCUT2D eigenvalue weighted by Gasteiger charge is -2.50. The van der Waals surface area contributed by atoms with Gasteiger partial charge in [-0.05, 0) is 26.8 Å². The Balaban J connectivity index is 5.37. The molecule has 0 bridgehead atoms. The molecule has 3 heteroatoms. The number of likely N-dealkylation sites (N-methyl/N-ethyl adjacent to an activating group) is 1. The molecule has 3 unspecified atom stereocenters. The first-order chi connectivity index (χ1) is 7.65. The van der Waals surface area contributed by atoms with Crippen LogP contribution < -0.4 is 11.1 Å². The highest BCUT2D eigenvalue weighted by Crippen LogP contribution is 2.39. The Morgan fingerprint density at radius 2 is 1.88 bits per heavy atom. The molecule has 0 rings (SSSR count). The molecule has 0 aromatic heterocycles. The zero-order chi connectivity index (χ0) is 13.9. The number of allylic oxidation sites excluding steroid dienone is 1. The zero-order valence-electron chi connectivity index (χ0n) is 12.1. The van der Waals surface area contributed by atoms with Gasteiger partial charge in [0, 0.05) is 5.41 Å². The van der Waals surface area contributed by atoms with E-state index >= 15 is 0 Å². The number of hydrogen-bond donors (Lipinski definition) is 2. The Kier molecular flexibility index (Phi) is 5.43. The van der Waals surface area contributed by atoms with Crippen molar-refractivity contribution >= 4 is 0 Å². The lowest BCUT2D eigenvalue weighted by molar-refractivity contribution is -0.0262. The molecule has 0 aliphatic carbocycles. The Hall–Kier alpha value is -0.800. The first-order valence-electron chi connectivity index (χ1n) is 6.09. The van der Waals surface area contributed by atoms with Crippen LogP contribution in [0.2, 0.25) is 0 Å². The maximum absolute atomic E-state index is 6.53. The van der Waals surface area contributed by atoms with Crippen molar-refractivity contribution in [1.82, 2.24) is 5.32 Å². The molecule has 0 saturated heterocycles. The van der Waals surface area contributed by atoms with E-state index in [1.54, 1.807) is 0 Å². The molecule has 0 aliphatic rings. The van der Waals surface area contributed by atoms with Crippen molar-refractivity contribution in [3.05, 3.63) is 25.0 Å². The van der Waals surface area contributed by atoms with Crippen LogP contribution in [0.15, 0.2) is 25.0 Å². The van der Waals surface area contributed by atoms with Gasteiger partial charge in [-0.2, -0.15) is 0 Å². The average molecular weight is 240 g/mol. The van der Waals surface area contributed by atoms with Crippen LogP contribution in [0.5, 0.6) is 0 Å². The molecule has 0 aromatic carbocycles. The number of nitrogens with two attached hydrogens (primary N) is 1. The van der Waals surface area contributed by atoms with Gasteiger partial charge in [-0.1, -0.05) is 33.4 Å². The maximum atomic E-state index is 6.53. The number of hydrogen-bond acceptors (Lipinski definition) is 3. The van der Waals surface area contributed by atoms with E-state index in [9.17, 15) is 0 Å². The molecule has 3 N–H and O–H groups in total. The van der Waals surface area contributed by atoms with Crippen LogP contribution in [0, 0.1) is 11.3 Å². The van der Waals surface area contributed by atoms with E-state index < -0.39 is 5.66 Å². The lowest BCUT2D eigenvalue weighted by Crippen LogP contribution is -2.70. The van der Waals surface area contributed by atoms with Gasteiger partial charge >= 0.3 is 0 Å². The van der Waals surface area contributed by atoms with Gasteiger partial charge in [0.2, 0.25) is 0 Å². The third-order valence-electron chi connectivity index (χ3n) is 3.95. The molecule has 3 nitrogen and oxygen atoms in total. The van der Waals surface area contributed by atoms with E-state index in [-0.39, 0.29) is 11.5 Å². The van der Waals surface area contributed by atoms with Gasteiger partial charge in [-0.25, -0.2) is 0 Å². The highest BCUT2D eigenvalue weighted by Gasteiger charge is 2.49. The first-order valence-corrected chi connectivity index (χ1v) is 6.09. The summed E-state index contributed by atoms with van der Waals surface area (Å²) >= 11 is 0. The maximum Gasteiger partial charge on any atom is 0.127 e. The van der Waals surface area contributed by atoms with Crippen LogP contribution in [0.3, 0.4) is 0 Å². The molecule has 0 heterocycles. The van der Waals surface area contributed by atoms with Gasteiger partial charge in [-0.15, -0.1) is 6.58 Å². The standard InChI is InChI=1S/C14H28N2O/c1-9-13(7,10(2)3)14(15,16-8)12(6)17-11(4)5/h9-10,12,16H,1,4,15H2,2-3,5-8H3. The predicted molar refractivity (Wildman–Crippen MR) is 74.5 cm³/mol. The molecule has 0 spiro atoms. The first kappa shape index (κ1) is 16.2. The fraction of sp³-hybridized carbons (Fsp3) is 0.714. The molecule has 0 aromatic rings. The lowest BCUT2D eigenvalue weighted by atomic mass is 9.67. The van der Waals surface area contributed by atoms with Crippen molar-refractivity contribution in [3.8, 4) is 0 Å². The monoisotopic (exact) mass is 240 g/mol. The van der Waals surface area contributed by atoms with Gasteiger partial charge < -0.3 is 10.5 Å². The molecule has 0 saturated carbocycles. The quantitative estimate of drug-likeness (QED) is 0.408. The normalized spacial score (nSPS) is 20.2. The molecule has 0 amide bonds. The molecule has 0 radical (unpaired) electrons. The summed E-state index contributed by atoms with van der Waals surface area (Å²) in [5.41, 5.74) is 5.56. The average Bonchev–Trinajstić information content (AvgIpc) is 2.25. The Labute approximate surface area is 106 Å². The van der Waals surface area contributed by atoms with Crippen molar-refractivity contribution in [1.29, 1.82) is 0 Å². The number of nitrogens with one attached hydrogen (secondary N) is 1. The minimum absolute atomic E-state index is 0.199. The summed E-state index contributed by atoms with van der Waals surface area (Å²) in [5.74, 6) is 1.01. The van der Waals surface area contributed by atoms with Gasteiger partial charge in [0.05, 0.1) is 5.76 Å². The van der Waals surface area contributed by atoms with Crippen molar-refractivity contribution in [2.24, 2.45) is 17.1 Å². The van der Waals surface area contributed by atoms with E-state index in [2.05, 4.69) is 39.2 Å². The second kappa shape index (κ2) is 5.69. The Bertz CT molecular complexity index is 288. The minimum atomic E-state index is -0.693. The number of ether oxygens (including phenoxy) is 1. The van der Waals surface area contributed by atoms with E-state index in [0.29, 0.717) is 11.7 Å². The molecular weight excluding hydrogens is 212 g/mol. The van der Waals surface area contributed by atoms with Crippen molar-refractivity contribution in [2.75, 3.05) is 7.05 Å². The molecule has 0 aliphatic heterocycles. The fourth-order valence-electron chi connectivity index (χ4n) is 2.19. The highest BCUT2D eigenvalue weighted by molar-refractivity contribution is 5.11. The number of rotatable bonds is 7. The summed E-state index contributed by atoms with van der Waals surface area (Å²) in [6, 6.07) is 0. The summed E-state index contributed by atoms with van der Waals surface area (Å²) in [5, 5.41) is 3.20.